The molecule has 3 atom stereocenters. The lowest BCUT2D eigenvalue weighted by molar-refractivity contribution is 0.403. The van der Waals surface area contributed by atoms with E-state index in [9.17, 15) is 0 Å². The maximum atomic E-state index is 6.21. The number of hydrogen-bond acceptors (Lipinski definition) is 1. The Morgan fingerprint density at radius 2 is 2.14 bits per heavy atom. The van der Waals surface area contributed by atoms with Gasteiger partial charge in [0.1, 0.15) is 0 Å². The summed E-state index contributed by atoms with van der Waals surface area (Å²) in [5.41, 5.74) is 7.53. The monoisotopic (exact) mass is 195 g/mol. The summed E-state index contributed by atoms with van der Waals surface area (Å²) >= 11 is 0. The smallest absolute Gasteiger partial charge is 0.0104 e. The van der Waals surface area contributed by atoms with Gasteiger partial charge in [-0.25, -0.2) is 0 Å². The number of nitrogens with two attached hydrogens (primary N) is 1. The van der Waals surface area contributed by atoms with Crippen LogP contribution in [0.4, 0.5) is 0 Å². The van der Waals surface area contributed by atoms with Crippen LogP contribution in [-0.2, 0) is 0 Å². The van der Waals surface area contributed by atoms with Crippen LogP contribution in [0.15, 0.2) is 12.2 Å². The van der Waals surface area contributed by atoms with Crippen molar-refractivity contribution < 1.29 is 0 Å². The first-order valence-corrected chi connectivity index (χ1v) is 6.09. The molecule has 0 amide bonds. The Labute approximate surface area is 88.8 Å². The molecule has 0 aromatic carbocycles. The predicted molar refractivity (Wildman–Crippen MR) is 63.1 cm³/mol. The summed E-state index contributed by atoms with van der Waals surface area (Å²) in [6, 6.07) is 0.374. The van der Waals surface area contributed by atoms with E-state index in [1.165, 1.54) is 31.3 Å². The Balaban J connectivity index is 2.31. The van der Waals surface area contributed by atoms with Gasteiger partial charge in [-0.05, 0) is 37.5 Å². The Kier molecular flexibility index (Phi) is 4.67. The van der Waals surface area contributed by atoms with Crippen LogP contribution in [0.3, 0.4) is 0 Å². The molecule has 0 radical (unpaired) electrons. The number of hydrogen-bond donors (Lipinski definition) is 1. The molecule has 2 N–H and O–H groups in total. The van der Waals surface area contributed by atoms with Crippen molar-refractivity contribution in [3.63, 3.8) is 0 Å². The molecule has 1 saturated carbocycles. The zero-order valence-electron chi connectivity index (χ0n) is 9.76. The Hall–Kier alpha value is -0.300. The van der Waals surface area contributed by atoms with Gasteiger partial charge < -0.3 is 5.73 Å². The SMILES string of the molecule is C=C(CC)CC(N)C1CCC(CC)C1. The molecular weight excluding hydrogens is 170 g/mol. The minimum absolute atomic E-state index is 0.374. The Bertz CT molecular complexity index is 186. The molecule has 82 valence electrons. The lowest BCUT2D eigenvalue weighted by Crippen LogP contribution is -2.28. The van der Waals surface area contributed by atoms with Crippen molar-refractivity contribution in [2.24, 2.45) is 17.6 Å². The molecule has 0 bridgehead atoms. The van der Waals surface area contributed by atoms with E-state index < -0.39 is 0 Å². The predicted octanol–water partition coefficient (Wildman–Crippen LogP) is 3.50. The standard InChI is InChI=1S/C13H25N/c1-4-10(3)8-13(14)12-7-6-11(5-2)9-12/h11-13H,3-9,14H2,1-2H3. The van der Waals surface area contributed by atoms with Crippen molar-refractivity contribution in [3.05, 3.63) is 12.2 Å². The largest absolute Gasteiger partial charge is 0.327 e. The molecule has 0 aromatic heterocycles. The van der Waals surface area contributed by atoms with Gasteiger partial charge in [0.25, 0.3) is 0 Å². The Morgan fingerprint density at radius 1 is 1.43 bits per heavy atom. The van der Waals surface area contributed by atoms with Gasteiger partial charge in [-0.15, -0.1) is 0 Å². The van der Waals surface area contributed by atoms with Crippen LogP contribution in [0.1, 0.15) is 52.4 Å². The summed E-state index contributed by atoms with van der Waals surface area (Å²) in [5, 5.41) is 0. The van der Waals surface area contributed by atoms with E-state index in [1.807, 2.05) is 0 Å². The van der Waals surface area contributed by atoms with Crippen molar-refractivity contribution in [1.82, 2.24) is 0 Å². The summed E-state index contributed by atoms with van der Waals surface area (Å²) in [4.78, 5) is 0. The minimum atomic E-state index is 0.374. The molecule has 0 aliphatic heterocycles. The molecule has 14 heavy (non-hydrogen) atoms. The van der Waals surface area contributed by atoms with E-state index in [2.05, 4.69) is 20.4 Å². The topological polar surface area (TPSA) is 26.0 Å². The van der Waals surface area contributed by atoms with Crippen molar-refractivity contribution in [2.45, 2.75) is 58.4 Å². The molecule has 1 fully saturated rings. The Morgan fingerprint density at radius 3 is 2.64 bits per heavy atom. The van der Waals surface area contributed by atoms with E-state index >= 15 is 0 Å². The van der Waals surface area contributed by atoms with E-state index in [1.54, 1.807) is 0 Å². The van der Waals surface area contributed by atoms with Crippen molar-refractivity contribution >= 4 is 0 Å². The zero-order valence-corrected chi connectivity index (χ0v) is 9.76. The third kappa shape index (κ3) is 3.13. The van der Waals surface area contributed by atoms with Gasteiger partial charge in [0.15, 0.2) is 0 Å². The first kappa shape index (κ1) is 11.8. The van der Waals surface area contributed by atoms with Crippen molar-refractivity contribution in [2.75, 3.05) is 0 Å². The van der Waals surface area contributed by atoms with Crippen LogP contribution >= 0.6 is 0 Å². The molecule has 3 unspecified atom stereocenters. The molecule has 1 aliphatic rings. The van der Waals surface area contributed by atoms with Crippen LogP contribution in [0.5, 0.6) is 0 Å². The maximum absolute atomic E-state index is 6.21. The summed E-state index contributed by atoms with van der Waals surface area (Å²) in [6.45, 7) is 8.50. The normalized spacial score (nSPS) is 29.1. The zero-order chi connectivity index (χ0) is 10.6. The molecule has 1 heteroatoms. The lowest BCUT2D eigenvalue weighted by atomic mass is 9.91. The first-order chi connectivity index (χ1) is 6.67. The fraction of sp³-hybridized carbons (Fsp3) is 0.846. The van der Waals surface area contributed by atoms with Crippen molar-refractivity contribution in [1.29, 1.82) is 0 Å². The average Bonchev–Trinajstić information content (AvgIpc) is 2.65. The van der Waals surface area contributed by atoms with Gasteiger partial charge in [-0.3, -0.25) is 0 Å². The number of rotatable bonds is 5. The van der Waals surface area contributed by atoms with E-state index in [0.29, 0.717) is 6.04 Å². The summed E-state index contributed by atoms with van der Waals surface area (Å²) in [7, 11) is 0. The van der Waals surface area contributed by atoms with Crippen molar-refractivity contribution in [3.8, 4) is 0 Å². The van der Waals surface area contributed by atoms with Crippen LogP contribution in [-0.4, -0.2) is 6.04 Å². The highest BCUT2D eigenvalue weighted by molar-refractivity contribution is 4.98. The molecule has 1 aliphatic carbocycles. The van der Waals surface area contributed by atoms with Gasteiger partial charge in [-0.1, -0.05) is 38.8 Å². The molecule has 0 aromatic rings. The lowest BCUT2D eigenvalue weighted by Gasteiger charge is -2.20. The van der Waals surface area contributed by atoms with Gasteiger partial charge in [-0.2, -0.15) is 0 Å². The van der Waals surface area contributed by atoms with Gasteiger partial charge >= 0.3 is 0 Å². The second kappa shape index (κ2) is 5.55. The highest BCUT2D eigenvalue weighted by atomic mass is 14.7. The minimum Gasteiger partial charge on any atom is -0.327 e. The van der Waals surface area contributed by atoms with Crippen LogP contribution < -0.4 is 5.73 Å². The molecule has 0 spiro atoms. The first-order valence-electron chi connectivity index (χ1n) is 6.09. The molecular formula is C13H25N. The van der Waals surface area contributed by atoms with Gasteiger partial charge in [0, 0.05) is 6.04 Å². The van der Waals surface area contributed by atoms with Crippen LogP contribution in [0.2, 0.25) is 0 Å². The average molecular weight is 195 g/mol. The van der Waals surface area contributed by atoms with Gasteiger partial charge in [0.05, 0.1) is 0 Å². The third-order valence-electron chi connectivity index (χ3n) is 3.79. The molecule has 0 saturated heterocycles. The fourth-order valence-corrected chi connectivity index (χ4v) is 2.52. The fourth-order valence-electron chi connectivity index (χ4n) is 2.52. The summed E-state index contributed by atoms with van der Waals surface area (Å²) < 4.78 is 0. The molecule has 1 rings (SSSR count). The van der Waals surface area contributed by atoms with E-state index in [4.69, 9.17) is 5.73 Å². The van der Waals surface area contributed by atoms with Gasteiger partial charge in [0.2, 0.25) is 0 Å². The van der Waals surface area contributed by atoms with Crippen LogP contribution in [0.25, 0.3) is 0 Å². The quantitative estimate of drug-likeness (QED) is 0.668. The maximum Gasteiger partial charge on any atom is 0.0104 e. The third-order valence-corrected chi connectivity index (χ3v) is 3.79. The highest BCUT2D eigenvalue weighted by Crippen LogP contribution is 2.35. The molecule has 0 heterocycles. The second-order valence-corrected chi connectivity index (χ2v) is 4.82. The second-order valence-electron chi connectivity index (χ2n) is 4.82. The summed E-state index contributed by atoms with van der Waals surface area (Å²) in [6.07, 6.45) is 7.55. The van der Waals surface area contributed by atoms with E-state index in [0.717, 1.165) is 24.7 Å². The highest BCUT2D eigenvalue weighted by Gasteiger charge is 2.27. The molecule has 1 nitrogen and oxygen atoms in total. The summed E-state index contributed by atoms with van der Waals surface area (Å²) in [5.74, 6) is 1.71. The van der Waals surface area contributed by atoms with E-state index in [-0.39, 0.29) is 0 Å². The van der Waals surface area contributed by atoms with Crippen LogP contribution in [0, 0.1) is 11.8 Å².